The smallest absolute Gasteiger partial charge is 0.335 e. The first kappa shape index (κ1) is 14.2. The summed E-state index contributed by atoms with van der Waals surface area (Å²) in [5, 5.41) is 11.6. The Hall–Kier alpha value is -1.88. The fourth-order valence-electron chi connectivity index (χ4n) is 1.58. The number of carbonyl (C=O) groups excluding carboxylic acids is 1. The van der Waals surface area contributed by atoms with Gasteiger partial charge in [-0.15, -0.1) is 0 Å². The molecule has 0 spiro atoms. The molecule has 0 saturated heterocycles. The maximum absolute atomic E-state index is 11.6. The molecule has 98 valence electrons. The van der Waals surface area contributed by atoms with Gasteiger partial charge < -0.3 is 16.2 Å². The van der Waals surface area contributed by atoms with Crippen molar-refractivity contribution in [1.82, 2.24) is 0 Å². The average molecular weight is 250 g/mol. The van der Waals surface area contributed by atoms with Gasteiger partial charge >= 0.3 is 5.97 Å². The molecule has 0 aliphatic carbocycles. The van der Waals surface area contributed by atoms with Gasteiger partial charge in [0.25, 0.3) is 0 Å². The Bertz CT molecular complexity index is 458. The molecule has 1 aromatic rings. The van der Waals surface area contributed by atoms with E-state index < -0.39 is 5.97 Å². The van der Waals surface area contributed by atoms with E-state index in [1.807, 2.05) is 6.92 Å². The third kappa shape index (κ3) is 3.85. The van der Waals surface area contributed by atoms with Crippen LogP contribution in [0.25, 0.3) is 0 Å². The van der Waals surface area contributed by atoms with Crippen LogP contribution in [0.15, 0.2) is 18.2 Å². The van der Waals surface area contributed by atoms with E-state index in [0.717, 1.165) is 6.42 Å². The van der Waals surface area contributed by atoms with Crippen LogP contribution in [0.5, 0.6) is 0 Å². The zero-order chi connectivity index (χ0) is 13.7. The van der Waals surface area contributed by atoms with E-state index >= 15 is 0 Å². The van der Waals surface area contributed by atoms with E-state index in [9.17, 15) is 9.59 Å². The number of anilines is 1. The van der Waals surface area contributed by atoms with Gasteiger partial charge in [0.1, 0.15) is 0 Å². The number of aromatic carboxylic acids is 1. The highest BCUT2D eigenvalue weighted by Crippen LogP contribution is 2.15. The van der Waals surface area contributed by atoms with E-state index in [1.54, 1.807) is 19.1 Å². The first-order valence-electron chi connectivity index (χ1n) is 5.83. The second-order valence-corrected chi connectivity index (χ2v) is 4.26. The summed E-state index contributed by atoms with van der Waals surface area (Å²) in [5.41, 5.74) is 7.12. The largest absolute Gasteiger partial charge is 0.478 e. The van der Waals surface area contributed by atoms with Crippen molar-refractivity contribution in [3.05, 3.63) is 29.3 Å². The van der Waals surface area contributed by atoms with Crippen LogP contribution in [0, 0.1) is 6.92 Å². The number of nitrogens with two attached hydrogens (primary N) is 1. The predicted octanol–water partition coefficient (Wildman–Crippen LogP) is 1.76. The monoisotopic (exact) mass is 250 g/mol. The van der Waals surface area contributed by atoms with Gasteiger partial charge in [-0.25, -0.2) is 4.79 Å². The Balaban J connectivity index is 2.72. The Labute approximate surface area is 106 Å². The quantitative estimate of drug-likeness (QED) is 0.742. The normalized spacial score (nSPS) is 11.9. The zero-order valence-corrected chi connectivity index (χ0v) is 10.6. The third-order valence-electron chi connectivity index (χ3n) is 2.71. The molecule has 1 atom stereocenters. The highest BCUT2D eigenvalue weighted by molar-refractivity contribution is 5.93. The Kier molecular flexibility index (Phi) is 4.85. The minimum atomic E-state index is -0.974. The Morgan fingerprint density at radius 3 is 2.61 bits per heavy atom. The van der Waals surface area contributed by atoms with E-state index in [0.29, 0.717) is 11.3 Å². The van der Waals surface area contributed by atoms with Crippen molar-refractivity contribution >= 4 is 17.6 Å². The number of carboxylic acids is 1. The molecule has 1 unspecified atom stereocenters. The molecule has 5 nitrogen and oxygen atoms in total. The van der Waals surface area contributed by atoms with Crippen LogP contribution in [0.4, 0.5) is 5.69 Å². The summed E-state index contributed by atoms with van der Waals surface area (Å²) in [4.78, 5) is 22.4. The van der Waals surface area contributed by atoms with Crippen LogP contribution in [0.1, 0.15) is 35.7 Å². The summed E-state index contributed by atoms with van der Waals surface area (Å²) in [6.45, 7) is 3.61. The lowest BCUT2D eigenvalue weighted by molar-refractivity contribution is -0.116. The Morgan fingerprint density at radius 1 is 1.44 bits per heavy atom. The molecule has 1 amide bonds. The lowest BCUT2D eigenvalue weighted by atomic mass is 10.1. The zero-order valence-electron chi connectivity index (χ0n) is 10.6. The number of carbonyl (C=O) groups is 2. The number of hydrogen-bond donors (Lipinski definition) is 3. The summed E-state index contributed by atoms with van der Waals surface area (Å²) in [5.74, 6) is -1.13. The Morgan fingerprint density at radius 2 is 2.11 bits per heavy atom. The fourth-order valence-corrected chi connectivity index (χ4v) is 1.58. The second-order valence-electron chi connectivity index (χ2n) is 4.26. The first-order chi connectivity index (χ1) is 8.43. The van der Waals surface area contributed by atoms with Gasteiger partial charge in [0, 0.05) is 18.2 Å². The summed E-state index contributed by atoms with van der Waals surface area (Å²) >= 11 is 0. The molecule has 5 heteroatoms. The molecule has 0 radical (unpaired) electrons. The van der Waals surface area contributed by atoms with Crippen LogP contribution in [-0.2, 0) is 4.79 Å². The minimum Gasteiger partial charge on any atom is -0.478 e. The molecule has 0 heterocycles. The summed E-state index contributed by atoms with van der Waals surface area (Å²) in [7, 11) is 0. The molecule has 1 rings (SSSR count). The van der Waals surface area contributed by atoms with E-state index in [-0.39, 0.29) is 23.9 Å². The number of amides is 1. The van der Waals surface area contributed by atoms with E-state index in [4.69, 9.17) is 10.8 Å². The SMILES string of the molecule is CCC(N)CC(=O)Nc1ccc(C(=O)O)c(C)c1. The second kappa shape index (κ2) is 6.16. The van der Waals surface area contributed by atoms with Gasteiger partial charge in [0.2, 0.25) is 5.91 Å². The molecule has 0 bridgehead atoms. The molecular weight excluding hydrogens is 232 g/mol. The number of nitrogens with one attached hydrogen (secondary N) is 1. The van der Waals surface area contributed by atoms with Crippen LogP contribution >= 0.6 is 0 Å². The van der Waals surface area contributed by atoms with Crippen LogP contribution in [0.2, 0.25) is 0 Å². The van der Waals surface area contributed by atoms with Crippen molar-refractivity contribution in [2.75, 3.05) is 5.32 Å². The minimum absolute atomic E-state index is 0.149. The van der Waals surface area contributed by atoms with Crippen molar-refractivity contribution < 1.29 is 14.7 Å². The molecular formula is C13H18N2O3. The highest BCUT2D eigenvalue weighted by atomic mass is 16.4. The maximum Gasteiger partial charge on any atom is 0.335 e. The fraction of sp³-hybridized carbons (Fsp3) is 0.385. The van der Waals surface area contributed by atoms with E-state index in [1.165, 1.54) is 6.07 Å². The lowest BCUT2D eigenvalue weighted by Gasteiger charge is -2.10. The van der Waals surface area contributed by atoms with Gasteiger partial charge in [0.05, 0.1) is 5.56 Å². The van der Waals surface area contributed by atoms with Crippen molar-refractivity contribution in [3.63, 3.8) is 0 Å². The number of benzene rings is 1. The van der Waals surface area contributed by atoms with Crippen LogP contribution < -0.4 is 11.1 Å². The van der Waals surface area contributed by atoms with E-state index in [2.05, 4.69) is 5.32 Å². The van der Waals surface area contributed by atoms with Crippen LogP contribution in [0.3, 0.4) is 0 Å². The average Bonchev–Trinajstić information content (AvgIpc) is 2.28. The molecule has 0 fully saturated rings. The number of rotatable bonds is 5. The van der Waals surface area contributed by atoms with Gasteiger partial charge in [-0.3, -0.25) is 4.79 Å². The summed E-state index contributed by atoms with van der Waals surface area (Å²) in [6.07, 6.45) is 1.00. The first-order valence-corrected chi connectivity index (χ1v) is 5.83. The molecule has 0 aliphatic heterocycles. The van der Waals surface area contributed by atoms with Crippen LogP contribution in [-0.4, -0.2) is 23.0 Å². The topological polar surface area (TPSA) is 92.4 Å². The molecule has 0 aliphatic rings. The maximum atomic E-state index is 11.6. The third-order valence-corrected chi connectivity index (χ3v) is 2.71. The van der Waals surface area contributed by atoms with Crippen molar-refractivity contribution in [1.29, 1.82) is 0 Å². The predicted molar refractivity (Wildman–Crippen MR) is 69.7 cm³/mol. The summed E-state index contributed by atoms with van der Waals surface area (Å²) < 4.78 is 0. The molecule has 0 aromatic heterocycles. The highest BCUT2D eigenvalue weighted by Gasteiger charge is 2.10. The number of carboxylic acid groups (broad SMARTS) is 1. The van der Waals surface area contributed by atoms with Gasteiger partial charge in [0.15, 0.2) is 0 Å². The summed E-state index contributed by atoms with van der Waals surface area (Å²) in [6, 6.07) is 4.54. The van der Waals surface area contributed by atoms with Crippen molar-refractivity contribution in [3.8, 4) is 0 Å². The molecule has 0 saturated carbocycles. The standard InChI is InChI=1S/C13H18N2O3/c1-3-9(14)7-12(16)15-10-4-5-11(13(17)18)8(2)6-10/h4-6,9H,3,7,14H2,1-2H3,(H,15,16)(H,17,18). The lowest BCUT2D eigenvalue weighted by Crippen LogP contribution is -2.26. The van der Waals surface area contributed by atoms with Crippen molar-refractivity contribution in [2.45, 2.75) is 32.7 Å². The van der Waals surface area contributed by atoms with Crippen molar-refractivity contribution in [2.24, 2.45) is 5.73 Å². The van der Waals surface area contributed by atoms with Gasteiger partial charge in [-0.05, 0) is 37.1 Å². The number of hydrogen-bond acceptors (Lipinski definition) is 3. The number of aryl methyl sites for hydroxylation is 1. The molecule has 18 heavy (non-hydrogen) atoms. The van der Waals surface area contributed by atoms with Gasteiger partial charge in [-0.2, -0.15) is 0 Å². The molecule has 4 N–H and O–H groups in total. The molecule has 1 aromatic carbocycles. The van der Waals surface area contributed by atoms with Gasteiger partial charge in [-0.1, -0.05) is 6.92 Å².